The maximum atomic E-state index is 6.45. The second-order valence-electron chi connectivity index (χ2n) is 5.71. The number of benzene rings is 2. The molecule has 0 amide bonds. The van der Waals surface area contributed by atoms with E-state index in [1.165, 1.54) is 5.56 Å². The van der Waals surface area contributed by atoms with Gasteiger partial charge in [0.15, 0.2) is 0 Å². The zero-order valence-corrected chi connectivity index (χ0v) is 13.7. The van der Waals surface area contributed by atoms with Crippen LogP contribution in [-0.4, -0.2) is 13.6 Å². The maximum Gasteiger partial charge on any atom is 0.0646 e. The van der Waals surface area contributed by atoms with Gasteiger partial charge < -0.3 is 10.2 Å². The lowest BCUT2D eigenvalue weighted by Crippen LogP contribution is -2.19. The lowest BCUT2D eigenvalue weighted by Gasteiger charge is -2.21. The lowest BCUT2D eigenvalue weighted by atomic mass is 10.1. The van der Waals surface area contributed by atoms with Gasteiger partial charge in [0.1, 0.15) is 0 Å². The van der Waals surface area contributed by atoms with E-state index in [-0.39, 0.29) is 0 Å². The van der Waals surface area contributed by atoms with E-state index in [0.717, 1.165) is 29.5 Å². The van der Waals surface area contributed by atoms with E-state index in [1.807, 2.05) is 31.3 Å². The molecule has 2 nitrogen and oxygen atoms in total. The molecule has 2 rings (SSSR count). The van der Waals surface area contributed by atoms with Crippen molar-refractivity contribution in [2.45, 2.75) is 20.4 Å². The molecule has 0 aliphatic carbocycles. The van der Waals surface area contributed by atoms with Crippen molar-refractivity contribution in [3.8, 4) is 0 Å². The number of hydrogen-bond acceptors (Lipinski definition) is 2. The standard InChI is InChI=1S/C18H23ClN2/c1-14(2)12-20-13-15-9-10-18(17(19)11-15)21(3)16-7-5-4-6-8-16/h4-11,14,20H,12-13H2,1-3H3. The zero-order chi connectivity index (χ0) is 15.2. The molecule has 112 valence electrons. The number of rotatable bonds is 6. The molecule has 0 aliphatic heterocycles. The molecule has 2 aromatic carbocycles. The quantitative estimate of drug-likeness (QED) is 0.820. The number of anilines is 2. The first-order valence-corrected chi connectivity index (χ1v) is 7.73. The van der Waals surface area contributed by atoms with Crippen LogP contribution in [0.15, 0.2) is 48.5 Å². The molecule has 2 aromatic rings. The number of hydrogen-bond donors (Lipinski definition) is 1. The zero-order valence-electron chi connectivity index (χ0n) is 12.9. The minimum atomic E-state index is 0.656. The second kappa shape index (κ2) is 7.48. The van der Waals surface area contributed by atoms with Crippen molar-refractivity contribution >= 4 is 23.0 Å². The summed E-state index contributed by atoms with van der Waals surface area (Å²) in [4.78, 5) is 2.10. The van der Waals surface area contributed by atoms with Crippen LogP contribution in [0.5, 0.6) is 0 Å². The van der Waals surface area contributed by atoms with Gasteiger partial charge in [0.2, 0.25) is 0 Å². The molecule has 0 saturated heterocycles. The molecule has 0 saturated carbocycles. The molecule has 3 heteroatoms. The highest BCUT2D eigenvalue weighted by Gasteiger charge is 2.08. The monoisotopic (exact) mass is 302 g/mol. The Kier molecular flexibility index (Phi) is 5.66. The van der Waals surface area contributed by atoms with Crippen molar-refractivity contribution in [1.82, 2.24) is 5.32 Å². The van der Waals surface area contributed by atoms with E-state index in [2.05, 4.69) is 48.3 Å². The third kappa shape index (κ3) is 4.48. The molecule has 0 atom stereocenters. The molecule has 0 heterocycles. The summed E-state index contributed by atoms with van der Waals surface area (Å²) in [5.74, 6) is 0.656. The molecule has 0 aliphatic rings. The molecule has 0 aromatic heterocycles. The SMILES string of the molecule is CC(C)CNCc1ccc(N(C)c2ccccc2)c(Cl)c1. The molecule has 21 heavy (non-hydrogen) atoms. The summed E-state index contributed by atoms with van der Waals surface area (Å²) < 4.78 is 0. The van der Waals surface area contributed by atoms with Crippen LogP contribution in [0.4, 0.5) is 11.4 Å². The Balaban J connectivity index is 2.08. The number of nitrogens with zero attached hydrogens (tertiary/aromatic N) is 1. The van der Waals surface area contributed by atoms with Gasteiger partial charge in [0, 0.05) is 19.3 Å². The van der Waals surface area contributed by atoms with E-state index in [0.29, 0.717) is 5.92 Å². The fourth-order valence-electron chi connectivity index (χ4n) is 2.23. The largest absolute Gasteiger partial charge is 0.343 e. The van der Waals surface area contributed by atoms with E-state index < -0.39 is 0 Å². The maximum absolute atomic E-state index is 6.45. The lowest BCUT2D eigenvalue weighted by molar-refractivity contribution is 0.552. The Bertz CT molecular complexity index is 567. The van der Waals surface area contributed by atoms with Crippen LogP contribution in [0.1, 0.15) is 19.4 Å². The van der Waals surface area contributed by atoms with Crippen molar-refractivity contribution in [2.75, 3.05) is 18.5 Å². The summed E-state index contributed by atoms with van der Waals surface area (Å²) in [7, 11) is 2.03. The van der Waals surface area contributed by atoms with Gasteiger partial charge in [0.05, 0.1) is 10.7 Å². The molecular formula is C18H23ClN2. The Hall–Kier alpha value is -1.51. The van der Waals surface area contributed by atoms with E-state index >= 15 is 0 Å². The van der Waals surface area contributed by atoms with E-state index in [9.17, 15) is 0 Å². The smallest absolute Gasteiger partial charge is 0.0646 e. The van der Waals surface area contributed by atoms with Gasteiger partial charge in [-0.05, 0) is 42.3 Å². The van der Waals surface area contributed by atoms with Crippen molar-refractivity contribution in [3.63, 3.8) is 0 Å². The molecule has 0 spiro atoms. The minimum Gasteiger partial charge on any atom is -0.343 e. The second-order valence-corrected chi connectivity index (χ2v) is 6.11. The number of nitrogens with one attached hydrogen (secondary N) is 1. The fraction of sp³-hybridized carbons (Fsp3) is 0.333. The Labute approximate surface area is 132 Å². The van der Waals surface area contributed by atoms with Crippen molar-refractivity contribution in [1.29, 1.82) is 0 Å². The highest BCUT2D eigenvalue weighted by atomic mass is 35.5. The fourth-order valence-corrected chi connectivity index (χ4v) is 2.56. The van der Waals surface area contributed by atoms with Crippen LogP contribution in [0, 0.1) is 5.92 Å². The topological polar surface area (TPSA) is 15.3 Å². The average molecular weight is 303 g/mol. The number of halogens is 1. The summed E-state index contributed by atoms with van der Waals surface area (Å²) in [6.07, 6.45) is 0. The molecule has 1 N–H and O–H groups in total. The van der Waals surface area contributed by atoms with Crippen LogP contribution in [-0.2, 0) is 6.54 Å². The molecule has 0 bridgehead atoms. The normalized spacial score (nSPS) is 10.9. The van der Waals surface area contributed by atoms with Gasteiger partial charge in [-0.2, -0.15) is 0 Å². The van der Waals surface area contributed by atoms with Crippen LogP contribution in [0.25, 0.3) is 0 Å². The Morgan fingerprint density at radius 3 is 2.43 bits per heavy atom. The van der Waals surface area contributed by atoms with Crippen LogP contribution in [0.3, 0.4) is 0 Å². The highest BCUT2D eigenvalue weighted by molar-refractivity contribution is 6.33. The first-order valence-electron chi connectivity index (χ1n) is 7.36. The van der Waals surface area contributed by atoms with Gasteiger partial charge in [-0.1, -0.05) is 49.7 Å². The first kappa shape index (κ1) is 15.9. The van der Waals surface area contributed by atoms with Crippen LogP contribution >= 0.6 is 11.6 Å². The number of para-hydroxylation sites is 1. The van der Waals surface area contributed by atoms with Gasteiger partial charge in [0.25, 0.3) is 0 Å². The van der Waals surface area contributed by atoms with Crippen LogP contribution < -0.4 is 10.2 Å². The summed E-state index contributed by atoms with van der Waals surface area (Å²) in [6.45, 7) is 6.28. The molecule has 0 unspecified atom stereocenters. The summed E-state index contributed by atoms with van der Waals surface area (Å²) in [5, 5.41) is 4.22. The van der Waals surface area contributed by atoms with Gasteiger partial charge in [-0.3, -0.25) is 0 Å². The first-order chi connectivity index (χ1) is 10.1. The summed E-state index contributed by atoms with van der Waals surface area (Å²) >= 11 is 6.45. The minimum absolute atomic E-state index is 0.656. The Morgan fingerprint density at radius 2 is 1.81 bits per heavy atom. The van der Waals surface area contributed by atoms with E-state index in [4.69, 9.17) is 11.6 Å². The summed E-state index contributed by atoms with van der Waals surface area (Å²) in [5.41, 5.74) is 3.37. The third-order valence-corrected chi connectivity index (χ3v) is 3.70. The van der Waals surface area contributed by atoms with Crippen molar-refractivity contribution < 1.29 is 0 Å². The highest BCUT2D eigenvalue weighted by Crippen LogP contribution is 2.31. The van der Waals surface area contributed by atoms with Gasteiger partial charge in [-0.15, -0.1) is 0 Å². The summed E-state index contributed by atoms with van der Waals surface area (Å²) in [6, 6.07) is 16.5. The molecule has 0 fully saturated rings. The van der Waals surface area contributed by atoms with Gasteiger partial charge >= 0.3 is 0 Å². The molecular weight excluding hydrogens is 280 g/mol. The van der Waals surface area contributed by atoms with Gasteiger partial charge in [-0.25, -0.2) is 0 Å². The third-order valence-electron chi connectivity index (χ3n) is 3.40. The molecule has 0 radical (unpaired) electrons. The van der Waals surface area contributed by atoms with E-state index in [1.54, 1.807) is 0 Å². The van der Waals surface area contributed by atoms with Crippen LogP contribution in [0.2, 0.25) is 5.02 Å². The Morgan fingerprint density at radius 1 is 1.10 bits per heavy atom. The van der Waals surface area contributed by atoms with Crippen molar-refractivity contribution in [2.24, 2.45) is 5.92 Å². The van der Waals surface area contributed by atoms with Crippen molar-refractivity contribution in [3.05, 3.63) is 59.1 Å². The average Bonchev–Trinajstić information content (AvgIpc) is 2.47. The predicted octanol–water partition coefficient (Wildman–Crippen LogP) is 4.85. The predicted molar refractivity (Wildman–Crippen MR) is 92.5 cm³/mol.